The molecule has 0 atom stereocenters. The number of piperazine rings is 1. The van der Waals surface area contributed by atoms with Crippen LogP contribution in [0.5, 0.6) is 0 Å². The number of aromatic nitrogens is 1. The van der Waals surface area contributed by atoms with Crippen molar-refractivity contribution in [3.05, 3.63) is 70.4 Å². The Morgan fingerprint density at radius 2 is 1.55 bits per heavy atom. The highest BCUT2D eigenvalue weighted by Gasteiger charge is 2.14. The predicted octanol–water partition coefficient (Wildman–Crippen LogP) is 4.96. The molecule has 1 N–H and O–H groups in total. The van der Waals surface area contributed by atoms with Gasteiger partial charge in [0, 0.05) is 49.3 Å². The summed E-state index contributed by atoms with van der Waals surface area (Å²) >= 11 is 0. The van der Waals surface area contributed by atoms with Crippen molar-refractivity contribution in [2.45, 2.75) is 46.1 Å². The quantitative estimate of drug-likeness (QED) is 0.471. The zero-order valence-corrected chi connectivity index (χ0v) is 20.3. The van der Waals surface area contributed by atoms with Crippen molar-refractivity contribution < 1.29 is 9.90 Å². The molecule has 1 aliphatic heterocycles. The molecule has 3 aromatic rings. The van der Waals surface area contributed by atoms with Crippen molar-refractivity contribution in [3.63, 3.8) is 0 Å². The van der Waals surface area contributed by atoms with E-state index in [1.165, 1.54) is 79.7 Å². The minimum atomic E-state index is -0.880. The fourth-order valence-corrected chi connectivity index (χ4v) is 4.95. The standard InChI is InChI=1S/C28H37N3O2/c1-21-22(2)31(14-6-4-5-13-30-17-15-29(3)16-18-30)27-12-9-24(20-26(21)27)19-23-7-10-25(11-8-23)28(32)33/h7-12,20H,4-6,13-19H2,1-3H3,(H,32,33). The number of likely N-dealkylation sites (N-methyl/N-ethyl adjacent to an activating group) is 1. The molecule has 1 fully saturated rings. The van der Waals surface area contributed by atoms with E-state index >= 15 is 0 Å². The maximum atomic E-state index is 11.1. The monoisotopic (exact) mass is 447 g/mol. The number of benzene rings is 2. The van der Waals surface area contributed by atoms with Crippen molar-refractivity contribution in [1.29, 1.82) is 0 Å². The van der Waals surface area contributed by atoms with Gasteiger partial charge in [-0.25, -0.2) is 4.79 Å². The molecule has 1 saturated heterocycles. The lowest BCUT2D eigenvalue weighted by Gasteiger charge is -2.32. The smallest absolute Gasteiger partial charge is 0.335 e. The highest BCUT2D eigenvalue weighted by Crippen LogP contribution is 2.28. The van der Waals surface area contributed by atoms with Crippen LogP contribution in [0.2, 0.25) is 0 Å². The summed E-state index contributed by atoms with van der Waals surface area (Å²) in [7, 11) is 2.21. The molecular formula is C28H37N3O2. The van der Waals surface area contributed by atoms with Crippen LogP contribution in [0.3, 0.4) is 0 Å². The molecule has 0 aliphatic carbocycles. The minimum absolute atomic E-state index is 0.335. The number of rotatable bonds is 9. The molecule has 0 radical (unpaired) electrons. The molecule has 0 amide bonds. The van der Waals surface area contributed by atoms with Crippen molar-refractivity contribution in [2.75, 3.05) is 39.8 Å². The van der Waals surface area contributed by atoms with Crippen LogP contribution < -0.4 is 0 Å². The molecule has 5 nitrogen and oxygen atoms in total. The van der Waals surface area contributed by atoms with Gasteiger partial charge in [-0.15, -0.1) is 0 Å². The summed E-state index contributed by atoms with van der Waals surface area (Å²) in [4.78, 5) is 16.1. The number of fused-ring (bicyclic) bond motifs is 1. The number of aromatic carboxylic acids is 1. The van der Waals surface area contributed by atoms with Gasteiger partial charge in [0.2, 0.25) is 0 Å². The Bertz CT molecular complexity index is 1090. The normalized spacial score (nSPS) is 15.4. The van der Waals surface area contributed by atoms with E-state index in [0.717, 1.165) is 18.5 Å². The lowest BCUT2D eigenvalue weighted by molar-refractivity contribution is 0.0697. The number of carbonyl (C=O) groups is 1. The van der Waals surface area contributed by atoms with Crippen molar-refractivity contribution in [2.24, 2.45) is 0 Å². The first-order valence-electron chi connectivity index (χ1n) is 12.2. The number of aryl methyl sites for hydroxylation is 2. The number of unbranched alkanes of at least 4 members (excludes halogenated alkanes) is 2. The van der Waals surface area contributed by atoms with Gasteiger partial charge in [0.1, 0.15) is 0 Å². The molecule has 1 aromatic heterocycles. The second-order valence-corrected chi connectivity index (χ2v) is 9.60. The van der Waals surface area contributed by atoms with Gasteiger partial charge in [-0.05, 0) is 87.7 Å². The molecular weight excluding hydrogens is 410 g/mol. The molecule has 0 unspecified atom stereocenters. The first-order chi connectivity index (χ1) is 15.9. The maximum Gasteiger partial charge on any atom is 0.335 e. The van der Waals surface area contributed by atoms with Gasteiger partial charge in [-0.2, -0.15) is 0 Å². The van der Waals surface area contributed by atoms with Crippen LogP contribution in [0.4, 0.5) is 0 Å². The second-order valence-electron chi connectivity index (χ2n) is 9.60. The number of carboxylic acids is 1. The number of hydrogen-bond donors (Lipinski definition) is 1. The largest absolute Gasteiger partial charge is 0.478 e. The topological polar surface area (TPSA) is 48.7 Å². The van der Waals surface area contributed by atoms with E-state index in [1.54, 1.807) is 12.1 Å². The summed E-state index contributed by atoms with van der Waals surface area (Å²) in [5.74, 6) is -0.880. The Balaban J connectivity index is 1.36. The fourth-order valence-electron chi connectivity index (χ4n) is 4.95. The van der Waals surface area contributed by atoms with Crippen molar-refractivity contribution in [3.8, 4) is 0 Å². The van der Waals surface area contributed by atoms with E-state index in [-0.39, 0.29) is 0 Å². The highest BCUT2D eigenvalue weighted by atomic mass is 16.4. The summed E-state index contributed by atoms with van der Waals surface area (Å²) in [6.45, 7) is 11.6. The van der Waals surface area contributed by atoms with Crippen LogP contribution in [0.15, 0.2) is 42.5 Å². The Morgan fingerprint density at radius 1 is 0.879 bits per heavy atom. The number of nitrogens with zero attached hydrogens (tertiary/aromatic N) is 3. The fraction of sp³-hybridized carbons (Fsp3) is 0.464. The number of hydrogen-bond acceptors (Lipinski definition) is 3. The van der Waals surface area contributed by atoms with E-state index in [0.29, 0.717) is 5.56 Å². The Morgan fingerprint density at radius 3 is 2.24 bits per heavy atom. The van der Waals surface area contributed by atoms with Crippen LogP contribution in [-0.4, -0.2) is 65.2 Å². The molecule has 4 rings (SSSR count). The van der Waals surface area contributed by atoms with E-state index in [1.807, 2.05) is 12.1 Å². The molecule has 2 aromatic carbocycles. The molecule has 0 spiro atoms. The zero-order chi connectivity index (χ0) is 23.4. The van der Waals surface area contributed by atoms with Crippen molar-refractivity contribution >= 4 is 16.9 Å². The average molecular weight is 448 g/mol. The van der Waals surface area contributed by atoms with E-state index in [2.05, 4.69) is 53.5 Å². The molecule has 0 bridgehead atoms. The van der Waals surface area contributed by atoms with Crippen LogP contribution >= 0.6 is 0 Å². The van der Waals surface area contributed by atoms with Gasteiger partial charge in [-0.1, -0.05) is 24.6 Å². The minimum Gasteiger partial charge on any atom is -0.478 e. The van der Waals surface area contributed by atoms with E-state index in [4.69, 9.17) is 5.11 Å². The Hall–Kier alpha value is -2.63. The summed E-state index contributed by atoms with van der Waals surface area (Å²) < 4.78 is 2.49. The first kappa shape index (κ1) is 23.5. The lowest BCUT2D eigenvalue weighted by atomic mass is 10.0. The summed E-state index contributed by atoms with van der Waals surface area (Å²) in [6, 6.07) is 14.0. The summed E-state index contributed by atoms with van der Waals surface area (Å²) in [5, 5.41) is 10.4. The molecule has 1 aliphatic rings. The summed E-state index contributed by atoms with van der Waals surface area (Å²) in [5.41, 5.74) is 6.79. The van der Waals surface area contributed by atoms with Crippen LogP contribution in [0.1, 0.15) is 52.0 Å². The second kappa shape index (κ2) is 10.5. The third kappa shape index (κ3) is 5.66. The maximum absolute atomic E-state index is 11.1. The van der Waals surface area contributed by atoms with Gasteiger partial charge in [0.05, 0.1) is 5.56 Å². The zero-order valence-electron chi connectivity index (χ0n) is 20.3. The third-order valence-electron chi connectivity index (χ3n) is 7.26. The summed E-state index contributed by atoms with van der Waals surface area (Å²) in [6.07, 6.45) is 4.59. The Labute approximate surface area is 197 Å². The van der Waals surface area contributed by atoms with Crippen LogP contribution in [0, 0.1) is 13.8 Å². The third-order valence-corrected chi connectivity index (χ3v) is 7.26. The SMILES string of the molecule is Cc1c(C)n(CCCCCN2CCN(C)CC2)c2ccc(Cc3ccc(C(=O)O)cc3)cc12. The first-order valence-corrected chi connectivity index (χ1v) is 12.2. The average Bonchev–Trinajstić information content (AvgIpc) is 3.05. The lowest BCUT2D eigenvalue weighted by Crippen LogP contribution is -2.44. The van der Waals surface area contributed by atoms with Gasteiger partial charge < -0.3 is 19.5 Å². The highest BCUT2D eigenvalue weighted by molar-refractivity contribution is 5.87. The number of carboxylic acid groups (broad SMARTS) is 1. The van der Waals surface area contributed by atoms with Crippen molar-refractivity contribution in [1.82, 2.24) is 14.4 Å². The van der Waals surface area contributed by atoms with Crippen LogP contribution in [-0.2, 0) is 13.0 Å². The molecule has 0 saturated carbocycles. The van der Waals surface area contributed by atoms with Gasteiger partial charge in [-0.3, -0.25) is 0 Å². The van der Waals surface area contributed by atoms with E-state index in [9.17, 15) is 4.79 Å². The molecule has 2 heterocycles. The van der Waals surface area contributed by atoms with Gasteiger partial charge in [0.25, 0.3) is 0 Å². The molecule has 33 heavy (non-hydrogen) atoms. The van der Waals surface area contributed by atoms with Crippen LogP contribution in [0.25, 0.3) is 10.9 Å². The molecule has 5 heteroatoms. The van der Waals surface area contributed by atoms with E-state index < -0.39 is 5.97 Å². The molecule has 176 valence electrons. The van der Waals surface area contributed by atoms with Gasteiger partial charge >= 0.3 is 5.97 Å². The van der Waals surface area contributed by atoms with Gasteiger partial charge in [0.15, 0.2) is 0 Å². The predicted molar refractivity (Wildman–Crippen MR) is 135 cm³/mol. The Kier molecular flexibility index (Phi) is 7.51.